The highest BCUT2D eigenvalue weighted by molar-refractivity contribution is 7.10. The second kappa shape index (κ2) is 3.38. The SMILES string of the molecule is CNc1snc(C)c1-c1n[nH]c(C)n1. The number of rotatable bonds is 2. The summed E-state index contributed by atoms with van der Waals surface area (Å²) in [5.74, 6) is 1.52. The van der Waals surface area contributed by atoms with Crippen LogP contribution in [0, 0.1) is 13.8 Å². The Kier molecular flexibility index (Phi) is 2.20. The molecule has 0 aromatic carbocycles. The largest absolute Gasteiger partial charge is 0.378 e. The molecule has 0 aliphatic rings. The molecule has 0 radical (unpaired) electrons. The summed E-state index contributed by atoms with van der Waals surface area (Å²) in [4.78, 5) is 4.28. The van der Waals surface area contributed by atoms with Gasteiger partial charge in [-0.1, -0.05) is 0 Å². The van der Waals surface area contributed by atoms with E-state index in [4.69, 9.17) is 0 Å². The van der Waals surface area contributed by atoms with E-state index in [0.29, 0.717) is 5.82 Å². The van der Waals surface area contributed by atoms with Crippen molar-refractivity contribution in [1.29, 1.82) is 0 Å². The third kappa shape index (κ3) is 1.37. The van der Waals surface area contributed by atoms with Crippen LogP contribution in [-0.4, -0.2) is 26.6 Å². The molecule has 0 aliphatic heterocycles. The summed E-state index contributed by atoms with van der Waals surface area (Å²) < 4.78 is 4.26. The maximum absolute atomic E-state index is 4.28. The Bertz CT molecular complexity index is 444. The first-order valence-corrected chi connectivity index (χ1v) is 5.03. The third-order valence-corrected chi connectivity index (χ3v) is 2.87. The zero-order chi connectivity index (χ0) is 10.1. The summed E-state index contributed by atoms with van der Waals surface area (Å²) in [6.07, 6.45) is 0. The lowest BCUT2D eigenvalue weighted by atomic mass is 10.2. The van der Waals surface area contributed by atoms with Crippen LogP contribution in [0.3, 0.4) is 0 Å². The molecule has 0 atom stereocenters. The van der Waals surface area contributed by atoms with Crippen molar-refractivity contribution in [1.82, 2.24) is 19.6 Å². The van der Waals surface area contributed by atoms with Crippen molar-refractivity contribution in [2.24, 2.45) is 0 Å². The van der Waals surface area contributed by atoms with E-state index in [0.717, 1.165) is 22.1 Å². The summed E-state index contributed by atoms with van der Waals surface area (Å²) in [7, 11) is 1.87. The third-order valence-electron chi connectivity index (χ3n) is 1.91. The Morgan fingerprint density at radius 2 is 2.14 bits per heavy atom. The lowest BCUT2D eigenvalue weighted by Crippen LogP contribution is -1.90. The van der Waals surface area contributed by atoms with Crippen LogP contribution < -0.4 is 5.32 Å². The number of nitrogens with zero attached hydrogens (tertiary/aromatic N) is 3. The van der Waals surface area contributed by atoms with Gasteiger partial charge in [-0.3, -0.25) is 5.10 Å². The van der Waals surface area contributed by atoms with Crippen LogP contribution >= 0.6 is 11.5 Å². The second-order valence-electron chi connectivity index (χ2n) is 2.97. The molecule has 0 saturated carbocycles. The fourth-order valence-electron chi connectivity index (χ4n) is 1.26. The summed E-state index contributed by atoms with van der Waals surface area (Å²) in [6, 6.07) is 0. The van der Waals surface area contributed by atoms with E-state index in [2.05, 4.69) is 24.9 Å². The van der Waals surface area contributed by atoms with Crippen molar-refractivity contribution >= 4 is 16.5 Å². The van der Waals surface area contributed by atoms with Gasteiger partial charge < -0.3 is 5.32 Å². The molecule has 2 heterocycles. The molecule has 14 heavy (non-hydrogen) atoms. The zero-order valence-corrected chi connectivity index (χ0v) is 9.07. The van der Waals surface area contributed by atoms with Gasteiger partial charge in [0.05, 0.1) is 11.3 Å². The molecule has 0 saturated heterocycles. The van der Waals surface area contributed by atoms with Crippen LogP contribution in [0.25, 0.3) is 11.4 Å². The normalized spacial score (nSPS) is 10.5. The minimum Gasteiger partial charge on any atom is -0.378 e. The smallest absolute Gasteiger partial charge is 0.186 e. The average molecular weight is 209 g/mol. The maximum Gasteiger partial charge on any atom is 0.186 e. The van der Waals surface area contributed by atoms with Gasteiger partial charge in [0.2, 0.25) is 0 Å². The summed E-state index contributed by atoms with van der Waals surface area (Å²) in [5.41, 5.74) is 1.94. The first-order chi connectivity index (χ1) is 6.72. The molecule has 0 aliphatic carbocycles. The number of aromatic amines is 1. The van der Waals surface area contributed by atoms with E-state index >= 15 is 0 Å². The van der Waals surface area contributed by atoms with Crippen molar-refractivity contribution in [3.05, 3.63) is 11.5 Å². The standard InChI is InChI=1S/C8H11N5S/c1-4-6(8(9-3)14-13-4)7-10-5(2)11-12-7/h9H,1-3H3,(H,10,11,12). The lowest BCUT2D eigenvalue weighted by molar-refractivity contribution is 1.04. The number of aromatic nitrogens is 4. The topological polar surface area (TPSA) is 66.5 Å². The molecule has 0 unspecified atom stereocenters. The van der Waals surface area contributed by atoms with Crippen molar-refractivity contribution in [2.45, 2.75) is 13.8 Å². The minimum absolute atomic E-state index is 0.707. The van der Waals surface area contributed by atoms with Gasteiger partial charge >= 0.3 is 0 Å². The molecule has 0 spiro atoms. The molecule has 2 aromatic rings. The molecule has 74 valence electrons. The molecule has 2 rings (SSSR count). The fraction of sp³-hybridized carbons (Fsp3) is 0.375. The van der Waals surface area contributed by atoms with Crippen LogP contribution in [0.2, 0.25) is 0 Å². The maximum atomic E-state index is 4.28. The van der Waals surface area contributed by atoms with E-state index in [-0.39, 0.29) is 0 Å². The quantitative estimate of drug-likeness (QED) is 0.788. The van der Waals surface area contributed by atoms with E-state index < -0.39 is 0 Å². The molecule has 0 bridgehead atoms. The number of H-pyrrole nitrogens is 1. The Morgan fingerprint density at radius 1 is 1.36 bits per heavy atom. The Morgan fingerprint density at radius 3 is 2.71 bits per heavy atom. The highest BCUT2D eigenvalue weighted by Crippen LogP contribution is 2.31. The Labute approximate surface area is 85.8 Å². The second-order valence-corrected chi connectivity index (χ2v) is 3.74. The summed E-state index contributed by atoms with van der Waals surface area (Å²) >= 11 is 1.43. The Balaban J connectivity index is 2.54. The molecule has 2 N–H and O–H groups in total. The van der Waals surface area contributed by atoms with Gasteiger partial charge in [-0.15, -0.1) is 0 Å². The first kappa shape index (κ1) is 9.14. The van der Waals surface area contributed by atoms with Gasteiger partial charge in [0, 0.05) is 7.05 Å². The molecule has 6 heteroatoms. The van der Waals surface area contributed by atoms with Gasteiger partial charge in [0.1, 0.15) is 10.8 Å². The minimum atomic E-state index is 0.707. The van der Waals surface area contributed by atoms with Gasteiger partial charge in [-0.25, -0.2) is 4.98 Å². The average Bonchev–Trinajstić information content (AvgIpc) is 2.71. The monoisotopic (exact) mass is 209 g/mol. The number of nitrogens with one attached hydrogen (secondary N) is 2. The van der Waals surface area contributed by atoms with E-state index in [9.17, 15) is 0 Å². The molecule has 0 fully saturated rings. The summed E-state index contributed by atoms with van der Waals surface area (Å²) in [5, 5.41) is 11.0. The van der Waals surface area contributed by atoms with Gasteiger partial charge in [0.25, 0.3) is 0 Å². The van der Waals surface area contributed by atoms with Crippen LogP contribution in [0.15, 0.2) is 0 Å². The van der Waals surface area contributed by atoms with Crippen molar-refractivity contribution in [3.63, 3.8) is 0 Å². The van der Waals surface area contributed by atoms with Gasteiger partial charge in [0.15, 0.2) is 5.82 Å². The predicted molar refractivity (Wildman–Crippen MR) is 56.5 cm³/mol. The molecule has 2 aromatic heterocycles. The first-order valence-electron chi connectivity index (χ1n) is 4.25. The summed E-state index contributed by atoms with van der Waals surface area (Å²) in [6.45, 7) is 3.84. The number of hydrogen-bond donors (Lipinski definition) is 2. The number of anilines is 1. The van der Waals surface area contributed by atoms with E-state index in [1.54, 1.807) is 0 Å². The van der Waals surface area contributed by atoms with Crippen LogP contribution in [0.1, 0.15) is 11.5 Å². The highest BCUT2D eigenvalue weighted by atomic mass is 32.1. The number of aryl methyl sites for hydroxylation is 2. The highest BCUT2D eigenvalue weighted by Gasteiger charge is 2.15. The predicted octanol–water partition coefficient (Wildman–Crippen LogP) is 1.59. The van der Waals surface area contributed by atoms with Crippen LogP contribution in [0.4, 0.5) is 5.00 Å². The van der Waals surface area contributed by atoms with Crippen LogP contribution in [0.5, 0.6) is 0 Å². The van der Waals surface area contributed by atoms with E-state index in [1.807, 2.05) is 20.9 Å². The van der Waals surface area contributed by atoms with Crippen LogP contribution in [-0.2, 0) is 0 Å². The van der Waals surface area contributed by atoms with Gasteiger partial charge in [-0.05, 0) is 25.4 Å². The number of hydrogen-bond acceptors (Lipinski definition) is 5. The molecular weight excluding hydrogens is 198 g/mol. The van der Waals surface area contributed by atoms with E-state index in [1.165, 1.54) is 11.5 Å². The molecule has 5 nitrogen and oxygen atoms in total. The van der Waals surface area contributed by atoms with Crippen molar-refractivity contribution in [3.8, 4) is 11.4 Å². The molecular formula is C8H11N5S. The Hall–Kier alpha value is -1.43. The zero-order valence-electron chi connectivity index (χ0n) is 8.25. The van der Waals surface area contributed by atoms with Crippen molar-refractivity contribution < 1.29 is 0 Å². The lowest BCUT2D eigenvalue weighted by Gasteiger charge is -1.97. The van der Waals surface area contributed by atoms with Crippen molar-refractivity contribution in [2.75, 3.05) is 12.4 Å². The molecule has 0 amide bonds. The van der Waals surface area contributed by atoms with Gasteiger partial charge in [-0.2, -0.15) is 9.47 Å². The fourth-order valence-corrected chi connectivity index (χ4v) is 2.00.